The van der Waals surface area contributed by atoms with Crippen molar-refractivity contribution >= 4 is 5.97 Å². The van der Waals surface area contributed by atoms with Crippen LogP contribution in [0.1, 0.15) is 58.3 Å². The lowest BCUT2D eigenvalue weighted by molar-refractivity contribution is -0.149. The zero-order valence-corrected chi connectivity index (χ0v) is 10.2. The van der Waals surface area contributed by atoms with E-state index in [4.69, 9.17) is 4.74 Å². The second kappa shape index (κ2) is 5.51. The van der Waals surface area contributed by atoms with Crippen molar-refractivity contribution in [1.29, 1.82) is 0 Å². The summed E-state index contributed by atoms with van der Waals surface area (Å²) in [5, 5.41) is 0. The van der Waals surface area contributed by atoms with E-state index < -0.39 is 0 Å². The van der Waals surface area contributed by atoms with Gasteiger partial charge < -0.3 is 4.74 Å². The van der Waals surface area contributed by atoms with Gasteiger partial charge in [-0.15, -0.1) is 0 Å². The molecule has 16 heavy (non-hydrogen) atoms. The summed E-state index contributed by atoms with van der Waals surface area (Å²) < 4.78 is 5.48. The van der Waals surface area contributed by atoms with Gasteiger partial charge in [-0.3, -0.25) is 4.79 Å². The molecule has 0 amide bonds. The molecule has 0 saturated heterocycles. The maximum absolute atomic E-state index is 11.1. The molecule has 0 aromatic carbocycles. The maximum atomic E-state index is 11.1. The van der Waals surface area contributed by atoms with E-state index in [0.29, 0.717) is 5.92 Å². The number of allylic oxidation sites excluding steroid dienone is 1. The lowest BCUT2D eigenvalue weighted by atomic mass is 9.78. The van der Waals surface area contributed by atoms with Gasteiger partial charge in [0.2, 0.25) is 0 Å². The highest BCUT2D eigenvalue weighted by molar-refractivity contribution is 5.66. The third kappa shape index (κ3) is 2.87. The van der Waals surface area contributed by atoms with Crippen LogP contribution in [-0.2, 0) is 9.53 Å². The van der Waals surface area contributed by atoms with Crippen molar-refractivity contribution in [2.24, 2.45) is 5.92 Å². The molecule has 0 N–H and O–H groups in total. The topological polar surface area (TPSA) is 26.3 Å². The molecule has 2 heteroatoms. The van der Waals surface area contributed by atoms with E-state index in [1.165, 1.54) is 51.9 Å². The predicted molar refractivity (Wildman–Crippen MR) is 64.1 cm³/mol. The molecule has 0 heterocycles. The largest absolute Gasteiger partial charge is 0.462 e. The second-order valence-electron chi connectivity index (χ2n) is 5.06. The third-order valence-corrected chi connectivity index (χ3v) is 3.82. The predicted octanol–water partition coefficient (Wildman–Crippen LogP) is 3.61. The van der Waals surface area contributed by atoms with E-state index in [-0.39, 0.29) is 12.1 Å². The highest BCUT2D eigenvalue weighted by Gasteiger charge is 2.30. The van der Waals surface area contributed by atoms with E-state index >= 15 is 0 Å². The minimum Gasteiger partial charge on any atom is -0.462 e. The van der Waals surface area contributed by atoms with E-state index in [1.54, 1.807) is 5.57 Å². The van der Waals surface area contributed by atoms with Crippen LogP contribution in [0.25, 0.3) is 0 Å². The van der Waals surface area contributed by atoms with Crippen molar-refractivity contribution < 1.29 is 9.53 Å². The number of rotatable bonds is 2. The summed E-state index contributed by atoms with van der Waals surface area (Å²) in [6, 6.07) is 0. The number of esters is 1. The Morgan fingerprint density at radius 2 is 2.06 bits per heavy atom. The third-order valence-electron chi connectivity index (χ3n) is 3.82. The van der Waals surface area contributed by atoms with Gasteiger partial charge in [0.1, 0.15) is 6.10 Å². The lowest BCUT2D eigenvalue weighted by Crippen LogP contribution is -2.31. The minimum atomic E-state index is -0.117. The Morgan fingerprint density at radius 1 is 1.25 bits per heavy atom. The van der Waals surface area contributed by atoms with Gasteiger partial charge in [0.05, 0.1) is 0 Å². The molecule has 1 fully saturated rings. The Balaban J connectivity index is 2.03. The van der Waals surface area contributed by atoms with Gasteiger partial charge in [0.25, 0.3) is 0 Å². The molecule has 0 spiro atoms. The fourth-order valence-electron chi connectivity index (χ4n) is 3.07. The average Bonchev–Trinajstić information content (AvgIpc) is 2.30. The normalized spacial score (nSPS) is 30.7. The fourth-order valence-corrected chi connectivity index (χ4v) is 3.07. The number of hydrogen-bond donors (Lipinski definition) is 0. The number of carbonyl (C=O) groups excluding carboxylic acids is 1. The van der Waals surface area contributed by atoms with Crippen LogP contribution in [0.5, 0.6) is 0 Å². The van der Waals surface area contributed by atoms with Gasteiger partial charge in [0.15, 0.2) is 0 Å². The number of ether oxygens (including phenoxy) is 1. The molecule has 2 aliphatic carbocycles. The first-order valence-corrected chi connectivity index (χ1v) is 6.63. The molecular formula is C14H22O2. The molecule has 0 unspecified atom stereocenters. The molecule has 0 aromatic rings. The Morgan fingerprint density at radius 3 is 2.75 bits per heavy atom. The lowest BCUT2D eigenvalue weighted by Gasteiger charge is -2.33. The Bertz CT molecular complexity index is 280. The maximum Gasteiger partial charge on any atom is 0.302 e. The molecule has 0 radical (unpaired) electrons. The summed E-state index contributed by atoms with van der Waals surface area (Å²) >= 11 is 0. The van der Waals surface area contributed by atoms with E-state index in [9.17, 15) is 4.79 Å². The first kappa shape index (κ1) is 11.7. The van der Waals surface area contributed by atoms with Crippen molar-refractivity contribution in [2.75, 3.05) is 0 Å². The molecular weight excluding hydrogens is 200 g/mol. The standard InChI is InChI=1S/C14H22O2/c1-11(15)16-14-10-6-5-9-13(14)12-7-3-2-4-8-12/h7,13-14H,2-6,8-10H2,1H3/t13-,14-/m0/s1. The first-order chi connectivity index (χ1) is 7.77. The van der Waals surface area contributed by atoms with E-state index in [1.807, 2.05) is 0 Å². The van der Waals surface area contributed by atoms with E-state index in [2.05, 4.69) is 6.08 Å². The number of hydrogen-bond acceptors (Lipinski definition) is 2. The summed E-state index contributed by atoms with van der Waals surface area (Å²) in [4.78, 5) is 11.1. The molecule has 0 bridgehead atoms. The smallest absolute Gasteiger partial charge is 0.302 e. The summed E-state index contributed by atoms with van der Waals surface area (Å²) in [5.41, 5.74) is 1.57. The monoisotopic (exact) mass is 222 g/mol. The van der Waals surface area contributed by atoms with Crippen molar-refractivity contribution in [3.8, 4) is 0 Å². The Kier molecular flexibility index (Phi) is 4.03. The zero-order chi connectivity index (χ0) is 11.4. The molecule has 1 saturated carbocycles. The van der Waals surface area contributed by atoms with Gasteiger partial charge in [0, 0.05) is 12.8 Å². The zero-order valence-electron chi connectivity index (χ0n) is 10.2. The summed E-state index contributed by atoms with van der Waals surface area (Å²) in [6.45, 7) is 1.53. The highest BCUT2D eigenvalue weighted by Crippen LogP contribution is 2.36. The summed E-state index contributed by atoms with van der Waals surface area (Å²) in [5.74, 6) is 0.409. The molecule has 2 nitrogen and oxygen atoms in total. The van der Waals surface area contributed by atoms with Crippen LogP contribution in [0.2, 0.25) is 0 Å². The van der Waals surface area contributed by atoms with Crippen molar-refractivity contribution in [2.45, 2.75) is 64.4 Å². The molecule has 90 valence electrons. The van der Waals surface area contributed by atoms with Crippen molar-refractivity contribution in [1.82, 2.24) is 0 Å². The average molecular weight is 222 g/mol. The van der Waals surface area contributed by atoms with Gasteiger partial charge in [-0.05, 0) is 44.9 Å². The van der Waals surface area contributed by atoms with Crippen molar-refractivity contribution in [3.05, 3.63) is 11.6 Å². The minimum absolute atomic E-state index is 0.117. The Labute approximate surface area is 98.1 Å². The fraction of sp³-hybridized carbons (Fsp3) is 0.786. The van der Waals surface area contributed by atoms with Gasteiger partial charge in [-0.25, -0.2) is 0 Å². The van der Waals surface area contributed by atoms with Crippen LogP contribution in [0.3, 0.4) is 0 Å². The molecule has 2 rings (SSSR count). The quantitative estimate of drug-likeness (QED) is 0.527. The van der Waals surface area contributed by atoms with Gasteiger partial charge >= 0.3 is 5.97 Å². The van der Waals surface area contributed by atoms with E-state index in [0.717, 1.165) is 6.42 Å². The van der Waals surface area contributed by atoms with Crippen LogP contribution >= 0.6 is 0 Å². The molecule has 0 aromatic heterocycles. The highest BCUT2D eigenvalue weighted by atomic mass is 16.5. The van der Waals surface area contributed by atoms with Crippen LogP contribution in [-0.4, -0.2) is 12.1 Å². The first-order valence-electron chi connectivity index (χ1n) is 6.63. The molecule has 0 aliphatic heterocycles. The summed E-state index contributed by atoms with van der Waals surface area (Å²) in [6.07, 6.45) is 12.4. The van der Waals surface area contributed by atoms with Gasteiger partial charge in [-0.1, -0.05) is 18.1 Å². The SMILES string of the molecule is CC(=O)O[C@H]1CCCC[C@H]1C1=CCCCC1. The van der Waals surface area contributed by atoms with Crippen LogP contribution in [0.4, 0.5) is 0 Å². The van der Waals surface area contributed by atoms with Gasteiger partial charge in [-0.2, -0.15) is 0 Å². The van der Waals surface area contributed by atoms with Crippen LogP contribution in [0, 0.1) is 5.92 Å². The molecule has 2 atom stereocenters. The Hall–Kier alpha value is -0.790. The number of carbonyl (C=O) groups is 1. The second-order valence-corrected chi connectivity index (χ2v) is 5.06. The van der Waals surface area contributed by atoms with Crippen LogP contribution in [0.15, 0.2) is 11.6 Å². The molecule has 2 aliphatic rings. The van der Waals surface area contributed by atoms with Crippen molar-refractivity contribution in [3.63, 3.8) is 0 Å². The summed E-state index contributed by atoms with van der Waals surface area (Å²) in [7, 11) is 0. The van der Waals surface area contributed by atoms with Crippen LogP contribution < -0.4 is 0 Å².